The Morgan fingerprint density at radius 1 is 1.41 bits per heavy atom. The molecular formula is C16H20N4O2. The van der Waals surface area contributed by atoms with Crippen molar-refractivity contribution in [3.05, 3.63) is 41.6 Å². The molecule has 0 radical (unpaired) electrons. The maximum absolute atomic E-state index is 12.0. The zero-order chi connectivity index (χ0) is 15.5. The maximum atomic E-state index is 12.0. The van der Waals surface area contributed by atoms with Crippen molar-refractivity contribution in [1.82, 2.24) is 20.8 Å². The topological polar surface area (TPSA) is 90.0 Å². The summed E-state index contributed by atoms with van der Waals surface area (Å²) in [6, 6.07) is 7.72. The van der Waals surface area contributed by atoms with Crippen molar-refractivity contribution in [3.8, 4) is 11.3 Å². The molecule has 1 aliphatic heterocycles. The number of aryl methyl sites for hydroxylation is 1. The summed E-state index contributed by atoms with van der Waals surface area (Å²) < 4.78 is 0. The molecule has 1 aromatic carbocycles. The van der Waals surface area contributed by atoms with Crippen LogP contribution < -0.4 is 10.6 Å². The van der Waals surface area contributed by atoms with Crippen molar-refractivity contribution < 1.29 is 9.90 Å². The van der Waals surface area contributed by atoms with Crippen LogP contribution in [0.25, 0.3) is 11.3 Å². The zero-order valence-corrected chi connectivity index (χ0v) is 12.5. The highest BCUT2D eigenvalue weighted by atomic mass is 16.3. The molecule has 1 amide bonds. The van der Waals surface area contributed by atoms with Crippen LogP contribution in [0.1, 0.15) is 17.5 Å². The van der Waals surface area contributed by atoms with Crippen LogP contribution in [0.3, 0.4) is 0 Å². The van der Waals surface area contributed by atoms with E-state index >= 15 is 0 Å². The molecule has 22 heavy (non-hydrogen) atoms. The van der Waals surface area contributed by atoms with E-state index < -0.39 is 6.10 Å². The van der Waals surface area contributed by atoms with E-state index in [0.717, 1.165) is 22.4 Å². The summed E-state index contributed by atoms with van der Waals surface area (Å²) in [5.41, 5.74) is 4.23. The minimum absolute atomic E-state index is 0.0648. The van der Waals surface area contributed by atoms with Gasteiger partial charge >= 0.3 is 0 Å². The van der Waals surface area contributed by atoms with Gasteiger partial charge in [-0.3, -0.25) is 9.89 Å². The molecule has 2 aromatic rings. The summed E-state index contributed by atoms with van der Waals surface area (Å²) in [6.07, 6.45) is 1.85. The fourth-order valence-corrected chi connectivity index (χ4v) is 2.66. The predicted octanol–water partition coefficient (Wildman–Crippen LogP) is 0.724. The Morgan fingerprint density at radius 2 is 2.18 bits per heavy atom. The number of aromatic nitrogens is 2. The first-order chi connectivity index (χ1) is 10.6. The lowest BCUT2D eigenvalue weighted by Gasteiger charge is -2.11. The van der Waals surface area contributed by atoms with Gasteiger partial charge in [-0.15, -0.1) is 0 Å². The van der Waals surface area contributed by atoms with Crippen LogP contribution in [0.2, 0.25) is 0 Å². The number of aliphatic hydroxyl groups is 1. The van der Waals surface area contributed by atoms with Crippen LogP contribution in [0, 0.1) is 6.92 Å². The van der Waals surface area contributed by atoms with E-state index in [2.05, 4.69) is 20.8 Å². The smallest absolute Gasteiger partial charge is 0.237 e. The number of nitrogens with zero attached hydrogens (tertiary/aromatic N) is 1. The lowest BCUT2D eigenvalue weighted by molar-refractivity contribution is -0.123. The normalized spacial score (nSPS) is 21.0. The number of H-pyrrole nitrogens is 1. The third-order valence-electron chi connectivity index (χ3n) is 3.96. The largest absolute Gasteiger partial charge is 0.392 e. The Kier molecular flexibility index (Phi) is 4.22. The molecule has 2 atom stereocenters. The molecule has 0 saturated carbocycles. The average molecular weight is 300 g/mol. The van der Waals surface area contributed by atoms with E-state index in [1.54, 1.807) is 6.20 Å². The van der Waals surface area contributed by atoms with Gasteiger partial charge in [0.15, 0.2) is 0 Å². The Morgan fingerprint density at radius 3 is 2.77 bits per heavy atom. The Balaban J connectivity index is 1.57. The van der Waals surface area contributed by atoms with E-state index in [1.807, 2.05) is 31.2 Å². The second kappa shape index (κ2) is 6.29. The number of carbonyl (C=O) groups is 1. The van der Waals surface area contributed by atoms with Crippen molar-refractivity contribution in [2.75, 3.05) is 6.54 Å². The molecular weight excluding hydrogens is 280 g/mol. The van der Waals surface area contributed by atoms with E-state index in [0.29, 0.717) is 19.5 Å². The summed E-state index contributed by atoms with van der Waals surface area (Å²) >= 11 is 0. The van der Waals surface area contributed by atoms with Crippen molar-refractivity contribution in [2.24, 2.45) is 0 Å². The molecule has 1 aromatic heterocycles. The quantitative estimate of drug-likeness (QED) is 0.670. The van der Waals surface area contributed by atoms with Crippen LogP contribution in [0.4, 0.5) is 0 Å². The number of benzene rings is 1. The number of rotatable bonds is 4. The molecule has 2 heterocycles. The van der Waals surface area contributed by atoms with E-state index in [1.165, 1.54) is 0 Å². The minimum Gasteiger partial charge on any atom is -0.392 e. The molecule has 0 spiro atoms. The number of hydrogen-bond acceptors (Lipinski definition) is 4. The molecule has 0 aliphatic carbocycles. The second-order valence-corrected chi connectivity index (χ2v) is 5.69. The fourth-order valence-electron chi connectivity index (χ4n) is 2.66. The highest BCUT2D eigenvalue weighted by Crippen LogP contribution is 2.20. The molecule has 2 unspecified atom stereocenters. The zero-order valence-electron chi connectivity index (χ0n) is 12.5. The number of aromatic amines is 1. The molecule has 116 valence electrons. The standard InChI is InChI=1S/C16H20N4O2/c1-10-7-19-20-15(10)12-4-2-11(3-5-12)8-18-16(22)14-6-13(21)9-17-14/h2-5,7,13-14,17,21H,6,8-9H2,1H3,(H,18,22)(H,19,20). The van der Waals surface area contributed by atoms with Crippen molar-refractivity contribution in [1.29, 1.82) is 0 Å². The van der Waals surface area contributed by atoms with Crippen LogP contribution in [0.5, 0.6) is 0 Å². The van der Waals surface area contributed by atoms with Crippen molar-refractivity contribution in [3.63, 3.8) is 0 Å². The van der Waals surface area contributed by atoms with E-state index in [9.17, 15) is 9.90 Å². The Hall–Kier alpha value is -2.18. The van der Waals surface area contributed by atoms with Gasteiger partial charge in [0, 0.05) is 13.1 Å². The monoisotopic (exact) mass is 300 g/mol. The molecule has 1 aliphatic rings. The number of aliphatic hydroxyl groups excluding tert-OH is 1. The number of nitrogens with one attached hydrogen (secondary N) is 3. The molecule has 3 rings (SSSR count). The molecule has 1 fully saturated rings. The molecule has 6 nitrogen and oxygen atoms in total. The lowest BCUT2D eigenvalue weighted by Crippen LogP contribution is -2.39. The number of β-amino-alcohol motifs (C(OH)–C–C–N with tert-alkyl or cyclic N) is 1. The van der Waals surface area contributed by atoms with Crippen LogP contribution >= 0.6 is 0 Å². The van der Waals surface area contributed by atoms with Gasteiger partial charge in [-0.1, -0.05) is 24.3 Å². The SMILES string of the molecule is Cc1cn[nH]c1-c1ccc(CNC(=O)C2CC(O)CN2)cc1. The van der Waals surface area contributed by atoms with Crippen LogP contribution in [-0.2, 0) is 11.3 Å². The summed E-state index contributed by atoms with van der Waals surface area (Å²) in [5.74, 6) is -0.0648. The van der Waals surface area contributed by atoms with Gasteiger partial charge in [0.1, 0.15) is 0 Å². The molecule has 6 heteroatoms. The Labute approximate surface area is 128 Å². The van der Waals surface area contributed by atoms with Crippen molar-refractivity contribution in [2.45, 2.75) is 32.0 Å². The van der Waals surface area contributed by atoms with Gasteiger partial charge in [0.05, 0.1) is 24.0 Å². The molecule has 0 bridgehead atoms. The first kappa shape index (κ1) is 14.7. The molecule has 1 saturated heterocycles. The summed E-state index contributed by atoms with van der Waals surface area (Å²) in [4.78, 5) is 12.0. The van der Waals surface area contributed by atoms with Gasteiger partial charge in [-0.25, -0.2) is 0 Å². The average Bonchev–Trinajstić information content (AvgIpc) is 3.14. The molecule has 4 N–H and O–H groups in total. The number of carbonyl (C=O) groups excluding carboxylic acids is 1. The number of amides is 1. The first-order valence-electron chi connectivity index (χ1n) is 7.42. The minimum atomic E-state index is -0.423. The highest BCUT2D eigenvalue weighted by Gasteiger charge is 2.27. The predicted molar refractivity (Wildman–Crippen MR) is 83.0 cm³/mol. The van der Waals surface area contributed by atoms with E-state index in [4.69, 9.17) is 0 Å². The summed E-state index contributed by atoms with van der Waals surface area (Å²) in [5, 5.41) is 22.3. The first-order valence-corrected chi connectivity index (χ1v) is 7.42. The van der Waals surface area contributed by atoms with Gasteiger partial charge in [-0.05, 0) is 30.0 Å². The van der Waals surface area contributed by atoms with Gasteiger partial charge in [-0.2, -0.15) is 5.10 Å². The van der Waals surface area contributed by atoms with Crippen LogP contribution in [-0.4, -0.2) is 39.9 Å². The third kappa shape index (κ3) is 3.18. The van der Waals surface area contributed by atoms with Crippen LogP contribution in [0.15, 0.2) is 30.5 Å². The van der Waals surface area contributed by atoms with E-state index in [-0.39, 0.29) is 11.9 Å². The highest BCUT2D eigenvalue weighted by molar-refractivity contribution is 5.82. The second-order valence-electron chi connectivity index (χ2n) is 5.69. The third-order valence-corrected chi connectivity index (χ3v) is 3.96. The lowest BCUT2D eigenvalue weighted by atomic mass is 10.1. The summed E-state index contributed by atoms with van der Waals surface area (Å²) in [6.45, 7) is 2.97. The Bertz CT molecular complexity index is 650. The maximum Gasteiger partial charge on any atom is 0.237 e. The van der Waals surface area contributed by atoms with Gasteiger partial charge in [0.25, 0.3) is 0 Å². The van der Waals surface area contributed by atoms with Gasteiger partial charge < -0.3 is 15.7 Å². The fraction of sp³-hybridized carbons (Fsp3) is 0.375. The number of hydrogen-bond donors (Lipinski definition) is 4. The van der Waals surface area contributed by atoms with Gasteiger partial charge in [0.2, 0.25) is 5.91 Å². The summed E-state index contributed by atoms with van der Waals surface area (Å²) in [7, 11) is 0. The van der Waals surface area contributed by atoms with Crippen molar-refractivity contribution >= 4 is 5.91 Å².